The van der Waals surface area contributed by atoms with Gasteiger partial charge in [-0.05, 0) is 12.2 Å². The van der Waals surface area contributed by atoms with Crippen LogP contribution in [0.2, 0.25) is 0 Å². The first-order valence-electron chi connectivity index (χ1n) is 4.55. The summed E-state index contributed by atoms with van der Waals surface area (Å²) < 4.78 is 5.49. The molecular formula is C12H9NO. The minimum atomic E-state index is 0.881. The third-order valence-electron chi connectivity index (χ3n) is 2.36. The van der Waals surface area contributed by atoms with Crippen molar-refractivity contribution in [2.45, 2.75) is 0 Å². The van der Waals surface area contributed by atoms with Crippen LogP contribution in [0.25, 0.3) is 12.0 Å². The minimum absolute atomic E-state index is 0.881. The van der Waals surface area contributed by atoms with Crippen LogP contribution in [0.4, 0.5) is 0 Å². The van der Waals surface area contributed by atoms with Crippen molar-refractivity contribution >= 4 is 12.0 Å². The number of rotatable bonds is 0. The number of nitrogens with one attached hydrogen (secondary N) is 1. The number of fused-ring (bicyclic) bond motifs is 2. The second kappa shape index (κ2) is 2.77. The first kappa shape index (κ1) is 7.44. The highest BCUT2D eigenvalue weighted by Gasteiger charge is 2.11. The van der Waals surface area contributed by atoms with E-state index in [4.69, 9.17) is 4.74 Å². The first-order valence-corrected chi connectivity index (χ1v) is 4.55. The van der Waals surface area contributed by atoms with Gasteiger partial charge >= 0.3 is 0 Å². The van der Waals surface area contributed by atoms with Gasteiger partial charge < -0.3 is 10.1 Å². The molecule has 0 saturated carbocycles. The molecule has 1 aromatic rings. The maximum Gasteiger partial charge on any atom is 0.150 e. The van der Waals surface area contributed by atoms with E-state index in [9.17, 15) is 0 Å². The second-order valence-corrected chi connectivity index (χ2v) is 3.23. The quantitative estimate of drug-likeness (QED) is 0.634. The third-order valence-corrected chi connectivity index (χ3v) is 2.36. The SMILES string of the molecule is C1=CNC2=c3ccccc3=COC2=C1. The maximum atomic E-state index is 5.49. The van der Waals surface area contributed by atoms with E-state index in [1.54, 1.807) is 6.26 Å². The van der Waals surface area contributed by atoms with Gasteiger partial charge in [0.1, 0.15) is 0 Å². The predicted molar refractivity (Wildman–Crippen MR) is 55.0 cm³/mol. The monoisotopic (exact) mass is 183 g/mol. The fourth-order valence-electron chi connectivity index (χ4n) is 1.68. The fraction of sp³-hybridized carbons (Fsp3) is 0. The molecule has 2 heterocycles. The molecule has 2 heteroatoms. The van der Waals surface area contributed by atoms with Crippen LogP contribution >= 0.6 is 0 Å². The van der Waals surface area contributed by atoms with Crippen molar-refractivity contribution in [2.24, 2.45) is 0 Å². The van der Waals surface area contributed by atoms with Gasteiger partial charge in [-0.3, -0.25) is 0 Å². The number of hydrogen-bond donors (Lipinski definition) is 1. The summed E-state index contributed by atoms with van der Waals surface area (Å²) in [6.07, 6.45) is 7.58. The lowest BCUT2D eigenvalue weighted by Gasteiger charge is -2.17. The van der Waals surface area contributed by atoms with Crippen LogP contribution in [-0.2, 0) is 4.74 Å². The zero-order chi connectivity index (χ0) is 9.38. The Bertz CT molecular complexity index is 552. The van der Waals surface area contributed by atoms with Crippen LogP contribution < -0.4 is 15.8 Å². The summed E-state index contributed by atoms with van der Waals surface area (Å²) in [5.41, 5.74) is 1.05. The van der Waals surface area contributed by atoms with E-state index in [1.807, 2.05) is 36.6 Å². The molecule has 0 unspecified atom stereocenters. The number of dihydropyridines is 1. The summed E-state index contributed by atoms with van der Waals surface area (Å²) in [7, 11) is 0. The molecule has 0 fully saturated rings. The Kier molecular flexibility index (Phi) is 1.47. The molecule has 0 aliphatic carbocycles. The van der Waals surface area contributed by atoms with Gasteiger partial charge in [-0.25, -0.2) is 0 Å². The fourth-order valence-corrected chi connectivity index (χ4v) is 1.68. The molecule has 14 heavy (non-hydrogen) atoms. The van der Waals surface area contributed by atoms with Gasteiger partial charge in [0.05, 0.1) is 12.0 Å². The number of ether oxygens (including phenoxy) is 1. The van der Waals surface area contributed by atoms with E-state index in [2.05, 4.69) is 11.4 Å². The average Bonchev–Trinajstić information content (AvgIpc) is 2.29. The smallest absolute Gasteiger partial charge is 0.150 e. The van der Waals surface area contributed by atoms with E-state index >= 15 is 0 Å². The molecule has 0 saturated heterocycles. The highest BCUT2D eigenvalue weighted by Crippen LogP contribution is 2.14. The van der Waals surface area contributed by atoms with Crippen molar-refractivity contribution < 1.29 is 4.74 Å². The molecule has 1 N–H and O–H groups in total. The van der Waals surface area contributed by atoms with E-state index in [-0.39, 0.29) is 0 Å². The van der Waals surface area contributed by atoms with Gasteiger partial charge in [0.2, 0.25) is 0 Å². The van der Waals surface area contributed by atoms with Crippen molar-refractivity contribution in [2.75, 3.05) is 0 Å². The minimum Gasteiger partial charge on any atom is -0.462 e. The summed E-state index contributed by atoms with van der Waals surface area (Å²) in [4.78, 5) is 0. The van der Waals surface area contributed by atoms with Crippen molar-refractivity contribution in [3.05, 3.63) is 58.8 Å². The Morgan fingerprint density at radius 1 is 1.14 bits per heavy atom. The lowest BCUT2D eigenvalue weighted by molar-refractivity contribution is 0.417. The van der Waals surface area contributed by atoms with Gasteiger partial charge in [-0.15, -0.1) is 0 Å². The van der Waals surface area contributed by atoms with Gasteiger partial charge in [0, 0.05) is 16.6 Å². The molecule has 2 nitrogen and oxygen atoms in total. The van der Waals surface area contributed by atoms with Crippen LogP contribution in [0.15, 0.2) is 48.4 Å². The van der Waals surface area contributed by atoms with Gasteiger partial charge in [-0.2, -0.15) is 0 Å². The Morgan fingerprint density at radius 2 is 2.07 bits per heavy atom. The van der Waals surface area contributed by atoms with Gasteiger partial charge in [-0.1, -0.05) is 24.3 Å². The largest absolute Gasteiger partial charge is 0.462 e. The first-order chi connectivity index (χ1) is 6.95. The lowest BCUT2D eigenvalue weighted by Crippen LogP contribution is -2.35. The molecule has 0 amide bonds. The van der Waals surface area contributed by atoms with Crippen molar-refractivity contribution in [1.82, 2.24) is 5.32 Å². The molecule has 0 radical (unpaired) electrons. The summed E-state index contributed by atoms with van der Waals surface area (Å²) >= 11 is 0. The van der Waals surface area contributed by atoms with Gasteiger partial charge in [0.25, 0.3) is 0 Å². The number of benzene rings is 1. The van der Waals surface area contributed by atoms with Crippen LogP contribution in [0.1, 0.15) is 0 Å². The summed E-state index contributed by atoms with van der Waals surface area (Å²) in [5.74, 6) is 0.881. The van der Waals surface area contributed by atoms with Crippen LogP contribution in [-0.4, -0.2) is 0 Å². The zero-order valence-corrected chi connectivity index (χ0v) is 7.53. The molecule has 68 valence electrons. The molecular weight excluding hydrogens is 174 g/mol. The zero-order valence-electron chi connectivity index (χ0n) is 7.53. The topological polar surface area (TPSA) is 21.3 Å². The van der Waals surface area contributed by atoms with E-state index in [1.165, 1.54) is 5.22 Å². The van der Waals surface area contributed by atoms with Crippen molar-refractivity contribution in [1.29, 1.82) is 0 Å². The molecule has 2 aliphatic rings. The maximum absolute atomic E-state index is 5.49. The van der Waals surface area contributed by atoms with Crippen molar-refractivity contribution in [3.63, 3.8) is 0 Å². The molecule has 0 spiro atoms. The van der Waals surface area contributed by atoms with E-state index in [0.717, 1.165) is 16.7 Å². The summed E-state index contributed by atoms with van der Waals surface area (Å²) in [6, 6.07) is 8.16. The highest BCUT2D eigenvalue weighted by atomic mass is 16.5. The van der Waals surface area contributed by atoms with E-state index in [0.29, 0.717) is 0 Å². The standard InChI is InChI=1S/C12H9NO/c1-2-5-10-9(4-1)8-14-11-6-3-7-13-12(10)11/h1-8,13H. The predicted octanol–water partition coefficient (Wildman–Crippen LogP) is 0.564. The molecule has 0 bridgehead atoms. The van der Waals surface area contributed by atoms with Crippen LogP contribution in [0.3, 0.4) is 0 Å². The lowest BCUT2D eigenvalue weighted by atomic mass is 10.1. The highest BCUT2D eigenvalue weighted by molar-refractivity contribution is 5.65. The summed E-state index contributed by atoms with van der Waals surface area (Å²) in [5, 5.41) is 5.50. The average molecular weight is 183 g/mol. The molecule has 2 aliphatic heterocycles. The molecule has 0 aromatic heterocycles. The normalized spacial score (nSPS) is 16.9. The van der Waals surface area contributed by atoms with Crippen LogP contribution in [0.5, 0.6) is 0 Å². The van der Waals surface area contributed by atoms with E-state index < -0.39 is 0 Å². The second-order valence-electron chi connectivity index (χ2n) is 3.23. The van der Waals surface area contributed by atoms with Gasteiger partial charge in [0.15, 0.2) is 5.76 Å². The third kappa shape index (κ3) is 0.973. The Morgan fingerprint density at radius 3 is 3.07 bits per heavy atom. The Balaban J connectivity index is 2.41. The molecule has 1 aromatic carbocycles. The Hall–Kier alpha value is -1.96. The molecule has 0 atom stereocenters. The number of allylic oxidation sites excluding steroid dienone is 2. The number of hydrogen-bond acceptors (Lipinski definition) is 2. The Labute approximate surface area is 81.5 Å². The molecule has 3 rings (SSSR count). The van der Waals surface area contributed by atoms with Crippen molar-refractivity contribution in [3.8, 4) is 0 Å². The van der Waals surface area contributed by atoms with Crippen LogP contribution in [0, 0.1) is 0 Å². The summed E-state index contributed by atoms with van der Waals surface area (Å²) in [6.45, 7) is 0.